The molecule has 1 aliphatic heterocycles. The second-order valence-corrected chi connectivity index (χ2v) is 3.86. The quantitative estimate of drug-likeness (QED) is 0.510. The van der Waals surface area contributed by atoms with E-state index in [0.717, 1.165) is 44.2 Å². The Morgan fingerprint density at radius 2 is 2.17 bits per heavy atom. The second-order valence-electron chi connectivity index (χ2n) is 3.86. The van der Waals surface area contributed by atoms with Crippen LogP contribution in [0.1, 0.15) is 26.2 Å². The maximum atomic E-state index is 10.9. The minimum Gasteiger partial charge on any atom is -0.317 e. The van der Waals surface area contributed by atoms with Crippen LogP contribution >= 0.6 is 0 Å². The van der Waals surface area contributed by atoms with Crippen molar-refractivity contribution in [3.8, 4) is 0 Å². The van der Waals surface area contributed by atoms with Crippen LogP contribution in [-0.2, 0) is 4.79 Å². The molecule has 2 nitrogen and oxygen atoms in total. The zero-order valence-corrected chi connectivity index (χ0v) is 7.73. The molecule has 0 amide bonds. The highest BCUT2D eigenvalue weighted by Gasteiger charge is 2.31. The summed E-state index contributed by atoms with van der Waals surface area (Å²) >= 11 is 0. The molecule has 12 heavy (non-hydrogen) atoms. The molecule has 0 atom stereocenters. The van der Waals surface area contributed by atoms with Gasteiger partial charge in [-0.2, -0.15) is 0 Å². The number of carbonyl (C=O) groups excluding carboxylic acids is 1. The Kier molecular flexibility index (Phi) is 3.04. The molecule has 0 bridgehead atoms. The lowest BCUT2D eigenvalue weighted by atomic mass is 9.76. The maximum Gasteiger partial charge on any atom is 0.126 e. The van der Waals surface area contributed by atoms with E-state index in [4.69, 9.17) is 0 Å². The van der Waals surface area contributed by atoms with Crippen LogP contribution in [0.2, 0.25) is 0 Å². The van der Waals surface area contributed by atoms with Crippen molar-refractivity contribution >= 4 is 6.29 Å². The van der Waals surface area contributed by atoms with Gasteiger partial charge in [0.05, 0.1) is 0 Å². The Morgan fingerprint density at radius 3 is 2.58 bits per heavy atom. The number of hydrogen-bond acceptors (Lipinski definition) is 2. The molecule has 0 aromatic heterocycles. The smallest absolute Gasteiger partial charge is 0.126 e. The highest BCUT2D eigenvalue weighted by atomic mass is 16.1. The number of carbonyl (C=O) groups is 1. The topological polar surface area (TPSA) is 29.1 Å². The van der Waals surface area contributed by atoms with E-state index in [0.29, 0.717) is 0 Å². The van der Waals surface area contributed by atoms with Crippen molar-refractivity contribution in [3.05, 3.63) is 12.2 Å². The third-order valence-electron chi connectivity index (χ3n) is 2.50. The summed E-state index contributed by atoms with van der Waals surface area (Å²) in [6.07, 6.45) is 3.91. The summed E-state index contributed by atoms with van der Waals surface area (Å²) < 4.78 is 0. The number of hydrogen-bond donors (Lipinski definition) is 1. The number of nitrogens with one attached hydrogen (secondary N) is 1. The van der Waals surface area contributed by atoms with Crippen LogP contribution in [0.25, 0.3) is 0 Å². The fraction of sp³-hybridized carbons (Fsp3) is 0.700. The van der Waals surface area contributed by atoms with Gasteiger partial charge in [0.2, 0.25) is 0 Å². The molecule has 0 radical (unpaired) electrons. The zero-order chi connectivity index (χ0) is 9.03. The number of piperidine rings is 1. The number of rotatable bonds is 3. The molecule has 1 saturated heterocycles. The fourth-order valence-corrected chi connectivity index (χ4v) is 1.86. The molecule has 1 aliphatic rings. The lowest BCUT2D eigenvalue weighted by Gasteiger charge is -2.32. The lowest BCUT2D eigenvalue weighted by Crippen LogP contribution is -2.37. The number of allylic oxidation sites excluding steroid dienone is 1. The Balaban J connectivity index is 2.59. The van der Waals surface area contributed by atoms with Crippen LogP contribution in [0, 0.1) is 5.41 Å². The van der Waals surface area contributed by atoms with Crippen molar-refractivity contribution in [2.75, 3.05) is 13.1 Å². The highest BCUT2D eigenvalue weighted by Crippen LogP contribution is 2.32. The molecular formula is C10H17NO. The summed E-state index contributed by atoms with van der Waals surface area (Å²) in [7, 11) is 0. The van der Waals surface area contributed by atoms with Crippen molar-refractivity contribution in [2.24, 2.45) is 5.41 Å². The lowest BCUT2D eigenvalue weighted by molar-refractivity contribution is -0.117. The standard InChI is InChI=1S/C10H17NO/c1-9(2)7-10(8-12)3-5-11-6-4-10/h8,11H,1,3-7H2,2H3. The van der Waals surface area contributed by atoms with Gasteiger partial charge in [0.25, 0.3) is 0 Å². The number of aldehydes is 1. The summed E-state index contributed by atoms with van der Waals surface area (Å²) in [5, 5.41) is 3.26. The van der Waals surface area contributed by atoms with E-state index in [1.54, 1.807) is 0 Å². The molecule has 0 aromatic carbocycles. The van der Waals surface area contributed by atoms with Crippen molar-refractivity contribution in [3.63, 3.8) is 0 Å². The molecule has 68 valence electrons. The Hall–Kier alpha value is -0.630. The third-order valence-corrected chi connectivity index (χ3v) is 2.50. The summed E-state index contributed by atoms with van der Waals surface area (Å²) in [6, 6.07) is 0. The van der Waals surface area contributed by atoms with Gasteiger partial charge in [-0.1, -0.05) is 5.57 Å². The normalized spacial score (nSPS) is 21.8. The molecule has 1 rings (SSSR count). The van der Waals surface area contributed by atoms with Crippen LogP contribution in [0.15, 0.2) is 12.2 Å². The minimum atomic E-state index is -0.100. The van der Waals surface area contributed by atoms with E-state index in [9.17, 15) is 4.79 Å². The predicted molar refractivity (Wildman–Crippen MR) is 50.0 cm³/mol. The van der Waals surface area contributed by atoms with Crippen molar-refractivity contribution in [1.82, 2.24) is 5.32 Å². The molecular weight excluding hydrogens is 150 g/mol. The van der Waals surface area contributed by atoms with Crippen molar-refractivity contribution in [1.29, 1.82) is 0 Å². The first-order valence-electron chi connectivity index (χ1n) is 4.50. The molecule has 0 spiro atoms. The third kappa shape index (κ3) is 2.18. The molecule has 2 heteroatoms. The molecule has 0 saturated carbocycles. The van der Waals surface area contributed by atoms with E-state index in [-0.39, 0.29) is 5.41 Å². The van der Waals surface area contributed by atoms with Gasteiger partial charge in [-0.3, -0.25) is 0 Å². The Morgan fingerprint density at radius 1 is 1.58 bits per heavy atom. The average molecular weight is 167 g/mol. The predicted octanol–water partition coefficient (Wildman–Crippen LogP) is 1.52. The summed E-state index contributed by atoms with van der Waals surface area (Å²) in [5.74, 6) is 0. The summed E-state index contributed by atoms with van der Waals surface area (Å²) in [5.41, 5.74) is 1.01. The van der Waals surface area contributed by atoms with Gasteiger partial charge >= 0.3 is 0 Å². The largest absolute Gasteiger partial charge is 0.317 e. The van der Waals surface area contributed by atoms with Crippen LogP contribution in [0.3, 0.4) is 0 Å². The molecule has 1 N–H and O–H groups in total. The van der Waals surface area contributed by atoms with Crippen LogP contribution in [0.5, 0.6) is 0 Å². The first kappa shape index (κ1) is 9.46. The van der Waals surface area contributed by atoms with Gasteiger partial charge in [-0.25, -0.2) is 0 Å². The van der Waals surface area contributed by atoms with Crippen LogP contribution in [-0.4, -0.2) is 19.4 Å². The highest BCUT2D eigenvalue weighted by molar-refractivity contribution is 5.60. The minimum absolute atomic E-state index is 0.100. The zero-order valence-electron chi connectivity index (χ0n) is 7.73. The second kappa shape index (κ2) is 3.85. The summed E-state index contributed by atoms with van der Waals surface area (Å²) in [6.45, 7) is 7.78. The van der Waals surface area contributed by atoms with E-state index in [1.165, 1.54) is 0 Å². The van der Waals surface area contributed by atoms with E-state index in [1.807, 2.05) is 6.92 Å². The summed E-state index contributed by atoms with van der Waals surface area (Å²) in [4.78, 5) is 10.9. The molecule has 0 aliphatic carbocycles. The molecule has 1 fully saturated rings. The monoisotopic (exact) mass is 167 g/mol. The van der Waals surface area contributed by atoms with Crippen molar-refractivity contribution < 1.29 is 4.79 Å². The average Bonchev–Trinajstić information content (AvgIpc) is 2.05. The molecule has 1 heterocycles. The van der Waals surface area contributed by atoms with Gasteiger partial charge < -0.3 is 10.1 Å². The van der Waals surface area contributed by atoms with Crippen LogP contribution < -0.4 is 5.32 Å². The first-order chi connectivity index (χ1) is 5.68. The Bertz CT molecular complexity index is 180. The van der Waals surface area contributed by atoms with E-state index >= 15 is 0 Å². The Labute approximate surface area is 74.0 Å². The molecule has 0 unspecified atom stereocenters. The van der Waals surface area contributed by atoms with Gasteiger partial charge in [0, 0.05) is 5.41 Å². The van der Waals surface area contributed by atoms with Gasteiger partial charge in [-0.05, 0) is 39.3 Å². The SMILES string of the molecule is C=C(C)CC1(C=O)CCNCC1. The first-order valence-corrected chi connectivity index (χ1v) is 4.50. The van der Waals surface area contributed by atoms with Gasteiger partial charge in [-0.15, -0.1) is 6.58 Å². The van der Waals surface area contributed by atoms with Crippen molar-refractivity contribution in [2.45, 2.75) is 26.2 Å². The van der Waals surface area contributed by atoms with Gasteiger partial charge in [0.15, 0.2) is 0 Å². The van der Waals surface area contributed by atoms with Crippen LogP contribution in [0.4, 0.5) is 0 Å². The maximum absolute atomic E-state index is 10.9. The van der Waals surface area contributed by atoms with E-state index in [2.05, 4.69) is 11.9 Å². The molecule has 0 aromatic rings. The van der Waals surface area contributed by atoms with E-state index < -0.39 is 0 Å². The van der Waals surface area contributed by atoms with Gasteiger partial charge in [0.1, 0.15) is 6.29 Å². The fourth-order valence-electron chi connectivity index (χ4n) is 1.86.